The number of thiophene rings is 1. The van der Waals surface area contributed by atoms with Crippen LogP contribution in [0.15, 0.2) is 41.8 Å². The summed E-state index contributed by atoms with van der Waals surface area (Å²) in [4.78, 5) is 42.6. The van der Waals surface area contributed by atoms with E-state index in [4.69, 9.17) is 9.47 Å². The van der Waals surface area contributed by atoms with Crippen molar-refractivity contribution < 1.29 is 23.9 Å². The molecule has 2 aromatic rings. The molecular formula is C22H21NO5S. The fourth-order valence-corrected chi connectivity index (χ4v) is 6.46. The van der Waals surface area contributed by atoms with E-state index in [0.717, 1.165) is 16.1 Å². The number of fused-ring (bicyclic) bond motifs is 5. The van der Waals surface area contributed by atoms with Crippen LogP contribution in [-0.2, 0) is 34.9 Å². The minimum absolute atomic E-state index is 0.146. The van der Waals surface area contributed by atoms with Crippen LogP contribution in [0.5, 0.6) is 0 Å². The first-order valence-electron chi connectivity index (χ1n) is 9.78. The number of ketones is 1. The van der Waals surface area contributed by atoms with E-state index in [2.05, 4.69) is 0 Å². The lowest BCUT2D eigenvalue weighted by Gasteiger charge is -2.42. The third kappa shape index (κ3) is 2.07. The number of ether oxygens (including phenoxy) is 2. The molecule has 6 nitrogen and oxygen atoms in total. The monoisotopic (exact) mass is 411 g/mol. The Balaban J connectivity index is 1.87. The molecule has 1 aromatic carbocycles. The smallest absolute Gasteiger partial charge is 0.313 e. The second-order valence-electron chi connectivity index (χ2n) is 7.73. The van der Waals surface area contributed by atoms with Crippen LogP contribution in [0, 0.1) is 5.92 Å². The van der Waals surface area contributed by atoms with Crippen molar-refractivity contribution in [2.45, 2.75) is 36.9 Å². The number of rotatable bonds is 3. The van der Waals surface area contributed by atoms with E-state index in [1.807, 2.05) is 41.8 Å². The number of likely N-dealkylation sites (N-methyl/N-ethyl adjacent to an activating group) is 1. The van der Waals surface area contributed by atoms with Gasteiger partial charge in [0.15, 0.2) is 5.78 Å². The molecule has 29 heavy (non-hydrogen) atoms. The van der Waals surface area contributed by atoms with Gasteiger partial charge in [-0.25, -0.2) is 0 Å². The van der Waals surface area contributed by atoms with Crippen LogP contribution in [0.25, 0.3) is 0 Å². The van der Waals surface area contributed by atoms with Crippen molar-refractivity contribution in [3.63, 3.8) is 0 Å². The maximum atomic E-state index is 14.0. The highest BCUT2D eigenvalue weighted by Gasteiger charge is 2.78. The summed E-state index contributed by atoms with van der Waals surface area (Å²) in [6, 6.07) is 11.3. The maximum absolute atomic E-state index is 14.0. The molecule has 3 aliphatic heterocycles. The van der Waals surface area contributed by atoms with E-state index in [9.17, 15) is 14.4 Å². The molecule has 0 aliphatic carbocycles. The zero-order valence-corrected chi connectivity index (χ0v) is 17.0. The van der Waals surface area contributed by atoms with E-state index >= 15 is 0 Å². The van der Waals surface area contributed by atoms with Crippen molar-refractivity contribution in [2.24, 2.45) is 5.92 Å². The van der Waals surface area contributed by atoms with Crippen LogP contribution in [0.4, 0.5) is 5.69 Å². The van der Waals surface area contributed by atoms with Gasteiger partial charge in [-0.2, -0.15) is 0 Å². The maximum Gasteiger partial charge on any atom is 0.313 e. The molecule has 2 saturated heterocycles. The van der Waals surface area contributed by atoms with E-state index in [1.165, 1.54) is 11.3 Å². The Morgan fingerprint density at radius 1 is 1.28 bits per heavy atom. The van der Waals surface area contributed by atoms with Crippen molar-refractivity contribution in [3.8, 4) is 0 Å². The van der Waals surface area contributed by atoms with Crippen LogP contribution in [0.3, 0.4) is 0 Å². The number of carbonyl (C=O) groups is 3. The van der Waals surface area contributed by atoms with Gasteiger partial charge in [0.25, 0.3) is 0 Å². The summed E-state index contributed by atoms with van der Waals surface area (Å²) in [6.45, 7) is 1.89. The number of anilines is 1. The first kappa shape index (κ1) is 18.5. The highest BCUT2D eigenvalue weighted by Crippen LogP contribution is 2.67. The van der Waals surface area contributed by atoms with Crippen LogP contribution >= 0.6 is 11.3 Å². The molecule has 1 aromatic heterocycles. The van der Waals surface area contributed by atoms with Crippen molar-refractivity contribution in [3.05, 3.63) is 52.2 Å². The van der Waals surface area contributed by atoms with Gasteiger partial charge in [0.05, 0.1) is 6.61 Å². The van der Waals surface area contributed by atoms with Gasteiger partial charge in [-0.1, -0.05) is 24.3 Å². The molecule has 2 fully saturated rings. The lowest BCUT2D eigenvalue weighted by molar-refractivity contribution is -0.158. The topological polar surface area (TPSA) is 72.9 Å². The van der Waals surface area contributed by atoms with E-state index in [0.29, 0.717) is 6.42 Å². The molecule has 5 rings (SSSR count). The van der Waals surface area contributed by atoms with Gasteiger partial charge in [-0.05, 0) is 36.4 Å². The minimum atomic E-state index is -1.33. The normalized spacial score (nSPS) is 32.7. The predicted octanol–water partition coefficient (Wildman–Crippen LogP) is 2.80. The fraction of sp³-hybridized carbons (Fsp3) is 0.409. The number of para-hydroxylation sites is 1. The van der Waals surface area contributed by atoms with Crippen LogP contribution in [0.2, 0.25) is 0 Å². The summed E-state index contributed by atoms with van der Waals surface area (Å²) in [6.07, 6.45) is -0.375. The highest BCUT2D eigenvalue weighted by atomic mass is 32.1. The number of carbonyl (C=O) groups excluding carboxylic acids is 3. The van der Waals surface area contributed by atoms with Gasteiger partial charge in [0.2, 0.25) is 5.91 Å². The number of benzene rings is 1. The first-order chi connectivity index (χ1) is 14.0. The van der Waals surface area contributed by atoms with Gasteiger partial charge in [-0.15, -0.1) is 11.3 Å². The van der Waals surface area contributed by atoms with Gasteiger partial charge in [-0.3, -0.25) is 14.4 Å². The van der Waals surface area contributed by atoms with Gasteiger partial charge >= 0.3 is 5.97 Å². The molecule has 4 heterocycles. The largest absolute Gasteiger partial charge is 0.466 e. The van der Waals surface area contributed by atoms with Crippen LogP contribution in [-0.4, -0.2) is 37.4 Å². The molecule has 4 atom stereocenters. The first-order valence-corrected chi connectivity index (χ1v) is 10.7. The molecule has 0 unspecified atom stereocenters. The van der Waals surface area contributed by atoms with Crippen molar-refractivity contribution in [1.82, 2.24) is 0 Å². The Morgan fingerprint density at radius 3 is 2.79 bits per heavy atom. The van der Waals surface area contributed by atoms with E-state index in [1.54, 1.807) is 18.9 Å². The Hall–Kier alpha value is -2.51. The number of hydrogen-bond acceptors (Lipinski definition) is 6. The zero-order valence-electron chi connectivity index (χ0n) is 16.2. The summed E-state index contributed by atoms with van der Waals surface area (Å²) in [5.74, 6) is -1.93. The lowest BCUT2D eigenvalue weighted by Crippen LogP contribution is -2.56. The molecule has 2 bridgehead atoms. The Morgan fingerprint density at radius 2 is 2.07 bits per heavy atom. The number of esters is 1. The summed E-state index contributed by atoms with van der Waals surface area (Å²) in [7, 11) is 1.71. The minimum Gasteiger partial charge on any atom is -0.466 e. The highest BCUT2D eigenvalue weighted by molar-refractivity contribution is 7.10. The molecule has 1 amide bonds. The summed E-state index contributed by atoms with van der Waals surface area (Å²) in [5, 5.41) is 1.93. The second-order valence-corrected chi connectivity index (χ2v) is 8.68. The third-order valence-corrected chi connectivity index (χ3v) is 7.58. The third-order valence-electron chi connectivity index (χ3n) is 6.57. The standard InChI is InChI=1S/C22H21NO5S/c1-3-27-19(25)17-18-15(24)10-11-21(28-18,16-9-6-12-29-16)22(17)13-7-4-5-8-14(13)23(2)20(22)26/h4-9,12,17-18H,3,10-11H2,1-2H3/t17-,18+,21+,22+/m1/s1. The average molecular weight is 411 g/mol. The number of amides is 1. The molecule has 0 radical (unpaired) electrons. The van der Waals surface area contributed by atoms with Crippen molar-refractivity contribution in [1.29, 1.82) is 0 Å². The molecule has 3 aliphatic rings. The molecule has 0 N–H and O–H groups in total. The van der Waals surface area contributed by atoms with E-state index in [-0.39, 0.29) is 24.7 Å². The fourth-order valence-electron chi connectivity index (χ4n) is 5.50. The summed E-state index contributed by atoms with van der Waals surface area (Å²) >= 11 is 1.49. The van der Waals surface area contributed by atoms with Gasteiger partial charge in [0.1, 0.15) is 23.0 Å². The Bertz CT molecular complexity index is 1020. The van der Waals surface area contributed by atoms with Crippen LogP contribution in [0.1, 0.15) is 30.2 Å². The quantitative estimate of drug-likeness (QED) is 0.727. The SMILES string of the molecule is CCOC(=O)[C@H]1[C@H]2O[C@](c3cccs3)(CCC2=O)[C@]12C(=O)N(C)c1ccccc12. The van der Waals surface area contributed by atoms with Crippen molar-refractivity contribution in [2.75, 3.05) is 18.6 Å². The number of Topliss-reactive ketones (excluding diaryl/α,β-unsaturated/α-hetero) is 1. The predicted molar refractivity (Wildman–Crippen MR) is 107 cm³/mol. The average Bonchev–Trinajstić information content (AvgIpc) is 3.39. The zero-order chi connectivity index (χ0) is 20.4. The summed E-state index contributed by atoms with van der Waals surface area (Å²) in [5.41, 5.74) is -0.927. The van der Waals surface area contributed by atoms with Crippen LogP contribution < -0.4 is 4.90 Å². The van der Waals surface area contributed by atoms with Gasteiger partial charge in [0, 0.05) is 24.0 Å². The van der Waals surface area contributed by atoms with E-state index < -0.39 is 29.0 Å². The molecule has 150 valence electrons. The molecular weight excluding hydrogens is 390 g/mol. The van der Waals surface area contributed by atoms with Gasteiger partial charge < -0.3 is 14.4 Å². The number of hydrogen-bond donors (Lipinski definition) is 0. The second kappa shape index (κ2) is 6.24. The number of nitrogens with zero attached hydrogens (tertiary/aromatic N) is 1. The molecule has 0 saturated carbocycles. The van der Waals surface area contributed by atoms with Crippen molar-refractivity contribution >= 4 is 34.7 Å². The molecule has 7 heteroatoms. The molecule has 1 spiro atoms. The Kier molecular flexibility index (Phi) is 3.98. The summed E-state index contributed by atoms with van der Waals surface area (Å²) < 4.78 is 11.8. The lowest BCUT2D eigenvalue weighted by atomic mass is 9.60. The Labute approximate surface area is 172 Å².